The number of methoxy groups -OCH3 is 1. The second-order valence-corrected chi connectivity index (χ2v) is 3.16. The molecule has 0 amide bonds. The first-order valence-electron chi connectivity index (χ1n) is 4.30. The molecule has 74 valence electrons. The standard InChI is InChI=1S/C10H11NO3/c1-11-8-5-7(6-13-2)3-4-9(8)14-10(11)12/h3-5H,6H2,1-2H3. The normalized spacial score (nSPS) is 11.0. The maximum Gasteiger partial charge on any atom is 0.419 e. The molecule has 0 fully saturated rings. The lowest BCUT2D eigenvalue weighted by Crippen LogP contribution is -2.08. The largest absolute Gasteiger partial charge is 0.419 e. The Hall–Kier alpha value is -1.55. The Balaban J connectivity index is 2.63. The summed E-state index contributed by atoms with van der Waals surface area (Å²) in [5, 5.41) is 0. The van der Waals surface area contributed by atoms with Crippen LogP contribution in [0, 0.1) is 0 Å². The molecule has 0 aliphatic rings. The first-order chi connectivity index (χ1) is 6.72. The molecule has 0 radical (unpaired) electrons. The number of ether oxygens (including phenoxy) is 1. The zero-order valence-electron chi connectivity index (χ0n) is 8.11. The van der Waals surface area contributed by atoms with E-state index in [-0.39, 0.29) is 5.76 Å². The molecule has 0 spiro atoms. The van der Waals surface area contributed by atoms with Crippen molar-refractivity contribution in [2.24, 2.45) is 7.05 Å². The first kappa shape index (κ1) is 9.02. The van der Waals surface area contributed by atoms with Gasteiger partial charge in [-0.2, -0.15) is 0 Å². The molecule has 2 rings (SSSR count). The van der Waals surface area contributed by atoms with Crippen LogP contribution in [-0.2, 0) is 18.4 Å². The number of rotatable bonds is 2. The molecule has 14 heavy (non-hydrogen) atoms. The second kappa shape index (κ2) is 3.31. The van der Waals surface area contributed by atoms with Gasteiger partial charge in [0.15, 0.2) is 5.58 Å². The van der Waals surface area contributed by atoms with Crippen molar-refractivity contribution in [3.8, 4) is 0 Å². The smallest absolute Gasteiger partial charge is 0.408 e. The Morgan fingerprint density at radius 2 is 2.29 bits per heavy atom. The van der Waals surface area contributed by atoms with Crippen LogP contribution in [-0.4, -0.2) is 11.7 Å². The molecule has 0 aliphatic carbocycles. The molecule has 4 nitrogen and oxygen atoms in total. The van der Waals surface area contributed by atoms with E-state index in [2.05, 4.69) is 0 Å². The van der Waals surface area contributed by atoms with Crippen molar-refractivity contribution in [1.82, 2.24) is 4.57 Å². The van der Waals surface area contributed by atoms with Crippen molar-refractivity contribution >= 4 is 11.1 Å². The lowest BCUT2D eigenvalue weighted by molar-refractivity contribution is 0.185. The Kier molecular flexibility index (Phi) is 2.13. The van der Waals surface area contributed by atoms with Gasteiger partial charge in [-0.25, -0.2) is 4.79 Å². The fourth-order valence-electron chi connectivity index (χ4n) is 1.43. The van der Waals surface area contributed by atoms with Crippen LogP contribution in [0.3, 0.4) is 0 Å². The highest BCUT2D eigenvalue weighted by atomic mass is 16.5. The number of aryl methyl sites for hydroxylation is 1. The predicted octanol–water partition coefficient (Wildman–Crippen LogP) is 1.28. The van der Waals surface area contributed by atoms with Gasteiger partial charge < -0.3 is 9.15 Å². The number of aromatic nitrogens is 1. The van der Waals surface area contributed by atoms with Crippen LogP contribution in [0.15, 0.2) is 27.4 Å². The fourth-order valence-corrected chi connectivity index (χ4v) is 1.43. The zero-order chi connectivity index (χ0) is 10.1. The summed E-state index contributed by atoms with van der Waals surface area (Å²) in [4.78, 5) is 11.2. The third-order valence-corrected chi connectivity index (χ3v) is 2.17. The van der Waals surface area contributed by atoms with E-state index in [4.69, 9.17) is 9.15 Å². The maximum atomic E-state index is 11.2. The average molecular weight is 193 g/mol. The molecule has 0 aliphatic heterocycles. The summed E-state index contributed by atoms with van der Waals surface area (Å²) in [6.07, 6.45) is 0. The van der Waals surface area contributed by atoms with Crippen molar-refractivity contribution in [3.05, 3.63) is 34.3 Å². The minimum Gasteiger partial charge on any atom is -0.408 e. The highest BCUT2D eigenvalue weighted by molar-refractivity contribution is 5.73. The van der Waals surface area contributed by atoms with Crippen LogP contribution in [0.1, 0.15) is 5.56 Å². The van der Waals surface area contributed by atoms with Gasteiger partial charge in [-0.15, -0.1) is 0 Å². The van der Waals surface area contributed by atoms with Crippen LogP contribution < -0.4 is 5.76 Å². The van der Waals surface area contributed by atoms with Crippen LogP contribution in [0.25, 0.3) is 11.1 Å². The first-order valence-corrected chi connectivity index (χ1v) is 4.30. The molecule has 1 aromatic heterocycles. The molecular weight excluding hydrogens is 182 g/mol. The number of benzene rings is 1. The van der Waals surface area contributed by atoms with E-state index >= 15 is 0 Å². The van der Waals surface area contributed by atoms with Gasteiger partial charge in [-0.1, -0.05) is 6.07 Å². The summed E-state index contributed by atoms with van der Waals surface area (Å²) in [6, 6.07) is 5.56. The molecule has 0 bridgehead atoms. The summed E-state index contributed by atoms with van der Waals surface area (Å²) < 4.78 is 11.5. The van der Waals surface area contributed by atoms with Crippen LogP contribution in [0.2, 0.25) is 0 Å². The van der Waals surface area contributed by atoms with Gasteiger partial charge in [0.1, 0.15) is 0 Å². The minimum atomic E-state index is -0.338. The lowest BCUT2D eigenvalue weighted by Gasteiger charge is -1.98. The van der Waals surface area contributed by atoms with Gasteiger partial charge in [0.05, 0.1) is 12.1 Å². The summed E-state index contributed by atoms with van der Waals surface area (Å²) in [6.45, 7) is 0.537. The third kappa shape index (κ3) is 1.33. The van der Waals surface area contributed by atoms with E-state index in [1.54, 1.807) is 20.2 Å². The molecule has 1 heterocycles. The number of nitrogens with zero attached hydrogens (tertiary/aromatic N) is 1. The lowest BCUT2D eigenvalue weighted by atomic mass is 10.2. The van der Waals surface area contributed by atoms with E-state index in [1.807, 2.05) is 12.1 Å². The summed E-state index contributed by atoms with van der Waals surface area (Å²) in [5.41, 5.74) is 2.43. The average Bonchev–Trinajstić information content (AvgIpc) is 2.45. The van der Waals surface area contributed by atoms with Crippen LogP contribution >= 0.6 is 0 Å². The topological polar surface area (TPSA) is 44.4 Å². The fraction of sp³-hybridized carbons (Fsp3) is 0.300. The van der Waals surface area contributed by atoms with Gasteiger partial charge in [-0.05, 0) is 17.7 Å². The molecule has 4 heteroatoms. The van der Waals surface area contributed by atoms with Gasteiger partial charge in [0, 0.05) is 14.2 Å². The van der Waals surface area contributed by atoms with Crippen molar-refractivity contribution < 1.29 is 9.15 Å². The number of fused-ring (bicyclic) bond motifs is 1. The minimum absolute atomic E-state index is 0.338. The summed E-state index contributed by atoms with van der Waals surface area (Å²) >= 11 is 0. The van der Waals surface area contributed by atoms with Gasteiger partial charge >= 0.3 is 5.76 Å². The highest BCUT2D eigenvalue weighted by Crippen LogP contribution is 2.14. The molecule has 0 N–H and O–H groups in total. The van der Waals surface area contributed by atoms with Crippen LogP contribution in [0.4, 0.5) is 0 Å². The number of hydrogen-bond donors (Lipinski definition) is 0. The molecule has 0 unspecified atom stereocenters. The molecule has 0 saturated heterocycles. The zero-order valence-corrected chi connectivity index (χ0v) is 8.11. The third-order valence-electron chi connectivity index (χ3n) is 2.17. The predicted molar refractivity (Wildman–Crippen MR) is 52.2 cm³/mol. The van der Waals surface area contributed by atoms with Crippen molar-refractivity contribution in [2.45, 2.75) is 6.61 Å². The molecule has 1 aromatic carbocycles. The summed E-state index contributed by atoms with van der Waals surface area (Å²) in [7, 11) is 3.32. The number of hydrogen-bond acceptors (Lipinski definition) is 3. The van der Waals surface area contributed by atoms with E-state index in [1.165, 1.54) is 4.57 Å². The second-order valence-electron chi connectivity index (χ2n) is 3.16. The Labute approximate surface area is 80.7 Å². The van der Waals surface area contributed by atoms with E-state index < -0.39 is 0 Å². The van der Waals surface area contributed by atoms with E-state index in [0.29, 0.717) is 12.2 Å². The van der Waals surface area contributed by atoms with Crippen molar-refractivity contribution in [1.29, 1.82) is 0 Å². The van der Waals surface area contributed by atoms with E-state index in [9.17, 15) is 4.79 Å². The van der Waals surface area contributed by atoms with Gasteiger partial charge in [0.25, 0.3) is 0 Å². The van der Waals surface area contributed by atoms with E-state index in [0.717, 1.165) is 11.1 Å². The van der Waals surface area contributed by atoms with Gasteiger partial charge in [0.2, 0.25) is 0 Å². The molecule has 0 saturated carbocycles. The Morgan fingerprint density at radius 1 is 1.50 bits per heavy atom. The highest BCUT2D eigenvalue weighted by Gasteiger charge is 2.05. The monoisotopic (exact) mass is 193 g/mol. The van der Waals surface area contributed by atoms with Crippen molar-refractivity contribution in [3.63, 3.8) is 0 Å². The quantitative estimate of drug-likeness (QED) is 0.721. The maximum absolute atomic E-state index is 11.2. The Bertz CT molecular complexity index is 510. The SMILES string of the molecule is COCc1ccc2oc(=O)n(C)c2c1. The molecule has 0 atom stereocenters. The van der Waals surface area contributed by atoms with Gasteiger partial charge in [-0.3, -0.25) is 4.57 Å². The van der Waals surface area contributed by atoms with Crippen LogP contribution in [0.5, 0.6) is 0 Å². The Morgan fingerprint density at radius 3 is 3.00 bits per heavy atom. The number of oxazole rings is 1. The molecular formula is C10H11NO3. The van der Waals surface area contributed by atoms with Crippen molar-refractivity contribution in [2.75, 3.05) is 7.11 Å². The molecule has 2 aromatic rings. The summed E-state index contributed by atoms with van der Waals surface area (Å²) in [5.74, 6) is -0.338.